The molecule has 0 bridgehead atoms. The van der Waals surface area contributed by atoms with Gasteiger partial charge in [-0.15, -0.1) is 0 Å². The molecule has 2 aromatic carbocycles. The Kier molecular flexibility index (Phi) is 4.66. The number of carbonyl (C=O) groups excluding carboxylic acids is 1. The zero-order valence-corrected chi connectivity index (χ0v) is 12.7. The molecule has 0 saturated heterocycles. The Hall–Kier alpha value is -1.13. The number of halogens is 4. The minimum absolute atomic E-state index is 0.192. The maximum atomic E-state index is 11.9. The lowest BCUT2D eigenvalue weighted by molar-refractivity contribution is 0.0735. The van der Waals surface area contributed by atoms with E-state index in [0.29, 0.717) is 5.56 Å². The first-order valence-corrected chi connectivity index (χ1v) is 6.76. The number of rotatable bonds is 2. The molecule has 2 rings (SSSR count). The van der Waals surface area contributed by atoms with Crippen molar-refractivity contribution in [1.29, 1.82) is 0 Å². The van der Waals surface area contributed by atoms with E-state index in [-0.39, 0.29) is 25.8 Å². The van der Waals surface area contributed by atoms with Crippen molar-refractivity contribution in [3.05, 3.63) is 56.0 Å². The van der Waals surface area contributed by atoms with E-state index in [4.69, 9.17) is 51.1 Å². The summed E-state index contributed by atoms with van der Waals surface area (Å²) in [5.74, 6) is -1.34. The summed E-state index contributed by atoms with van der Waals surface area (Å²) in [6.45, 7) is 0. The first-order chi connectivity index (χ1) is 9.43. The van der Waals surface area contributed by atoms with Crippen LogP contribution in [0.15, 0.2) is 30.3 Å². The Morgan fingerprint density at radius 2 is 1.40 bits per heavy atom. The van der Waals surface area contributed by atoms with Gasteiger partial charge < -0.3 is 9.84 Å². The predicted octanol–water partition coefficient (Wildman–Crippen LogP) is 5.23. The molecule has 0 aromatic heterocycles. The molecule has 0 saturated carbocycles. The number of ether oxygens (including phenoxy) is 1. The molecule has 3 nitrogen and oxygen atoms in total. The van der Waals surface area contributed by atoms with Crippen LogP contribution >= 0.6 is 46.4 Å². The van der Waals surface area contributed by atoms with Crippen LogP contribution in [0, 0.1) is 0 Å². The fraction of sp³-hybridized carbons (Fsp3) is 0. The van der Waals surface area contributed by atoms with Crippen LogP contribution in [0.3, 0.4) is 0 Å². The third kappa shape index (κ3) is 2.81. The van der Waals surface area contributed by atoms with E-state index in [1.165, 1.54) is 0 Å². The number of carbonyl (C=O) groups is 1. The van der Waals surface area contributed by atoms with E-state index in [1.54, 1.807) is 30.3 Å². The lowest BCUT2D eigenvalue weighted by atomic mass is 10.2. The second-order valence-corrected chi connectivity index (χ2v) is 5.20. The highest BCUT2D eigenvalue weighted by molar-refractivity contribution is 6.50. The zero-order chi connectivity index (χ0) is 14.9. The molecule has 0 atom stereocenters. The number of phenols is 1. The summed E-state index contributed by atoms with van der Waals surface area (Å²) in [6.07, 6.45) is 0. The monoisotopic (exact) mass is 350 g/mol. The van der Waals surface area contributed by atoms with E-state index in [1.807, 2.05) is 0 Å². The molecule has 0 amide bonds. The van der Waals surface area contributed by atoms with Gasteiger partial charge in [0.05, 0.1) is 5.56 Å². The molecule has 2 aromatic rings. The predicted molar refractivity (Wildman–Crippen MR) is 79.5 cm³/mol. The maximum absolute atomic E-state index is 11.9. The van der Waals surface area contributed by atoms with Gasteiger partial charge in [-0.3, -0.25) is 0 Å². The highest BCUT2D eigenvalue weighted by atomic mass is 35.5. The minimum atomic E-state index is -0.674. The van der Waals surface area contributed by atoms with Crippen LogP contribution in [0.25, 0.3) is 0 Å². The molecule has 0 spiro atoms. The van der Waals surface area contributed by atoms with Crippen molar-refractivity contribution in [3.63, 3.8) is 0 Å². The van der Waals surface area contributed by atoms with Gasteiger partial charge >= 0.3 is 5.97 Å². The van der Waals surface area contributed by atoms with Crippen LogP contribution in [-0.2, 0) is 0 Å². The first-order valence-electron chi connectivity index (χ1n) is 5.25. The van der Waals surface area contributed by atoms with Crippen LogP contribution in [0.5, 0.6) is 11.5 Å². The van der Waals surface area contributed by atoms with E-state index in [2.05, 4.69) is 0 Å². The smallest absolute Gasteiger partial charge is 0.343 e. The number of benzene rings is 2. The fourth-order valence-corrected chi connectivity index (χ4v) is 2.32. The molecule has 104 valence electrons. The summed E-state index contributed by atoms with van der Waals surface area (Å²) in [7, 11) is 0. The molecule has 0 heterocycles. The molecular weight excluding hydrogens is 346 g/mol. The van der Waals surface area contributed by atoms with Crippen molar-refractivity contribution in [2.24, 2.45) is 0 Å². The van der Waals surface area contributed by atoms with Crippen molar-refractivity contribution >= 4 is 52.4 Å². The number of hydrogen-bond donors (Lipinski definition) is 1. The SMILES string of the molecule is O=C(Oc1c(Cl)c(Cl)c(O)c(Cl)c1Cl)c1ccccc1. The van der Waals surface area contributed by atoms with Crippen molar-refractivity contribution in [3.8, 4) is 11.5 Å². The van der Waals surface area contributed by atoms with Gasteiger partial charge in [0.2, 0.25) is 0 Å². The summed E-state index contributed by atoms with van der Waals surface area (Å²) in [4.78, 5) is 11.9. The normalized spacial score (nSPS) is 10.4. The zero-order valence-electron chi connectivity index (χ0n) is 9.66. The Morgan fingerprint density at radius 3 is 1.90 bits per heavy atom. The third-order valence-corrected chi connectivity index (χ3v) is 4.05. The summed E-state index contributed by atoms with van der Waals surface area (Å²) in [5.41, 5.74) is 0.306. The summed E-state index contributed by atoms with van der Waals surface area (Å²) in [5, 5.41) is 8.71. The van der Waals surface area contributed by atoms with Gasteiger partial charge in [0.1, 0.15) is 20.1 Å². The van der Waals surface area contributed by atoms with Gasteiger partial charge in [0, 0.05) is 0 Å². The van der Waals surface area contributed by atoms with Crippen LogP contribution in [0.1, 0.15) is 10.4 Å². The number of phenolic OH excluding ortho intramolecular Hbond substituents is 1. The topological polar surface area (TPSA) is 46.5 Å². The number of esters is 1. The van der Waals surface area contributed by atoms with Gasteiger partial charge in [-0.05, 0) is 12.1 Å². The van der Waals surface area contributed by atoms with Crippen LogP contribution < -0.4 is 4.74 Å². The Labute approximate surface area is 134 Å². The van der Waals surface area contributed by atoms with Gasteiger partial charge in [-0.1, -0.05) is 64.6 Å². The van der Waals surface area contributed by atoms with Crippen molar-refractivity contribution in [2.45, 2.75) is 0 Å². The van der Waals surface area contributed by atoms with Crippen LogP contribution in [0.2, 0.25) is 20.1 Å². The minimum Gasteiger partial charge on any atom is -0.505 e. The second kappa shape index (κ2) is 6.10. The Bertz CT molecular complexity index is 642. The van der Waals surface area contributed by atoms with Crippen LogP contribution in [0.4, 0.5) is 0 Å². The van der Waals surface area contributed by atoms with Crippen molar-refractivity contribution in [1.82, 2.24) is 0 Å². The van der Waals surface area contributed by atoms with E-state index in [9.17, 15) is 9.90 Å². The quantitative estimate of drug-likeness (QED) is 0.458. The average molecular weight is 352 g/mol. The fourth-order valence-electron chi connectivity index (χ4n) is 1.42. The lowest BCUT2D eigenvalue weighted by Gasteiger charge is -2.12. The standard InChI is InChI=1S/C13H6Cl4O3/c14-7-9(16)12(10(17)8(15)11(7)18)20-13(19)6-4-2-1-3-5-6/h1-5,18H. The Morgan fingerprint density at radius 1 is 0.900 bits per heavy atom. The van der Waals surface area contributed by atoms with E-state index >= 15 is 0 Å². The Balaban J connectivity index is 2.43. The molecule has 7 heteroatoms. The van der Waals surface area contributed by atoms with E-state index < -0.39 is 11.7 Å². The second-order valence-electron chi connectivity index (χ2n) is 3.69. The van der Waals surface area contributed by atoms with Gasteiger partial charge in [-0.25, -0.2) is 4.79 Å². The molecule has 0 unspecified atom stereocenters. The van der Waals surface area contributed by atoms with Crippen LogP contribution in [-0.4, -0.2) is 11.1 Å². The highest BCUT2D eigenvalue weighted by Gasteiger charge is 2.23. The van der Waals surface area contributed by atoms with Gasteiger partial charge in [0.15, 0.2) is 11.5 Å². The van der Waals surface area contributed by atoms with Crippen molar-refractivity contribution < 1.29 is 14.6 Å². The summed E-state index contributed by atoms with van der Waals surface area (Å²) < 4.78 is 5.10. The van der Waals surface area contributed by atoms with Gasteiger partial charge in [0.25, 0.3) is 0 Å². The third-order valence-electron chi connectivity index (χ3n) is 2.40. The average Bonchev–Trinajstić information content (AvgIpc) is 2.48. The largest absolute Gasteiger partial charge is 0.505 e. The number of aromatic hydroxyl groups is 1. The van der Waals surface area contributed by atoms with E-state index in [0.717, 1.165) is 0 Å². The summed E-state index contributed by atoms with van der Waals surface area (Å²) >= 11 is 23.3. The molecular formula is C13H6Cl4O3. The molecule has 0 aliphatic rings. The maximum Gasteiger partial charge on any atom is 0.343 e. The van der Waals surface area contributed by atoms with Crippen molar-refractivity contribution in [2.75, 3.05) is 0 Å². The van der Waals surface area contributed by atoms with Gasteiger partial charge in [-0.2, -0.15) is 0 Å². The molecule has 0 fully saturated rings. The molecule has 0 radical (unpaired) electrons. The summed E-state index contributed by atoms with van der Waals surface area (Å²) in [6, 6.07) is 8.24. The molecule has 1 N–H and O–H groups in total. The molecule has 0 aliphatic carbocycles. The first kappa shape index (κ1) is 15.3. The number of hydrogen-bond acceptors (Lipinski definition) is 3. The molecule has 0 aliphatic heterocycles. The lowest BCUT2D eigenvalue weighted by Crippen LogP contribution is -2.09. The molecule has 20 heavy (non-hydrogen) atoms. The highest BCUT2D eigenvalue weighted by Crippen LogP contribution is 2.49.